The van der Waals surface area contributed by atoms with E-state index in [9.17, 15) is 5.11 Å². The van der Waals surface area contributed by atoms with Crippen molar-refractivity contribution in [2.24, 2.45) is 4.99 Å². The van der Waals surface area contributed by atoms with Crippen LogP contribution in [-0.4, -0.2) is 22.5 Å². The summed E-state index contributed by atoms with van der Waals surface area (Å²) in [6.45, 7) is 9.65. The van der Waals surface area contributed by atoms with Crippen molar-refractivity contribution in [1.82, 2.24) is 0 Å². The van der Waals surface area contributed by atoms with Crippen molar-refractivity contribution in [1.29, 1.82) is 0 Å². The van der Waals surface area contributed by atoms with Crippen molar-refractivity contribution in [3.8, 4) is 0 Å². The van der Waals surface area contributed by atoms with E-state index in [0.29, 0.717) is 0 Å². The van der Waals surface area contributed by atoms with Crippen LogP contribution in [-0.2, 0) is 0 Å². The molecule has 0 aliphatic carbocycles. The predicted molar refractivity (Wildman–Crippen MR) is 49.2 cm³/mol. The Kier molecular flexibility index (Phi) is 8.33. The van der Waals surface area contributed by atoms with Crippen LogP contribution in [0.1, 0.15) is 41.0 Å². The van der Waals surface area contributed by atoms with Gasteiger partial charge in [0.1, 0.15) is 0 Å². The van der Waals surface area contributed by atoms with Crippen molar-refractivity contribution in [3.05, 3.63) is 0 Å². The van der Waals surface area contributed by atoms with E-state index >= 15 is 0 Å². The van der Waals surface area contributed by atoms with Gasteiger partial charge in [0.2, 0.25) is 0 Å². The van der Waals surface area contributed by atoms with Gasteiger partial charge >= 0.3 is 0 Å². The van der Waals surface area contributed by atoms with Gasteiger partial charge in [-0.25, -0.2) is 0 Å². The fourth-order valence-corrected chi connectivity index (χ4v) is 0.782. The second-order valence-corrected chi connectivity index (χ2v) is 3.44. The van der Waals surface area contributed by atoms with E-state index in [2.05, 4.69) is 4.99 Å². The molecule has 0 bridgehead atoms. The minimum Gasteiger partial charge on any atom is -0.384 e. The first-order valence-corrected chi connectivity index (χ1v) is 4.17. The van der Waals surface area contributed by atoms with Crippen LogP contribution in [0.15, 0.2) is 4.99 Å². The molecule has 0 spiro atoms. The van der Waals surface area contributed by atoms with E-state index in [4.69, 9.17) is 0 Å². The van der Waals surface area contributed by atoms with Crippen molar-refractivity contribution < 1.29 is 46.9 Å². The minimum atomic E-state index is -0.718. The summed E-state index contributed by atoms with van der Waals surface area (Å²) in [6, 6.07) is 0.271. The standard InChI is InChI=1S/C9H19NO.Ce/c1-6-9(5,11)8(4)10-7(2)3;/h7,11H,6H2,1-5H3;. The maximum atomic E-state index is 9.71. The number of aliphatic imine (C=N–C) groups is 1. The Morgan fingerprint density at radius 3 is 2.17 bits per heavy atom. The minimum absolute atomic E-state index is 0. The van der Waals surface area contributed by atoms with Crippen LogP contribution < -0.4 is 0 Å². The number of hydrogen-bond acceptors (Lipinski definition) is 2. The Bertz CT molecular complexity index is 153. The van der Waals surface area contributed by atoms with Crippen LogP contribution in [0.4, 0.5) is 0 Å². The summed E-state index contributed by atoms with van der Waals surface area (Å²) < 4.78 is 0. The Morgan fingerprint density at radius 2 is 1.92 bits per heavy atom. The summed E-state index contributed by atoms with van der Waals surface area (Å²) in [5, 5.41) is 9.71. The van der Waals surface area contributed by atoms with E-state index in [1.807, 2.05) is 27.7 Å². The van der Waals surface area contributed by atoms with Gasteiger partial charge in [0.25, 0.3) is 0 Å². The average molecular weight is 297 g/mol. The first-order valence-electron chi connectivity index (χ1n) is 4.17. The molecule has 0 saturated heterocycles. The van der Waals surface area contributed by atoms with Crippen molar-refractivity contribution in [2.45, 2.75) is 52.7 Å². The van der Waals surface area contributed by atoms with Crippen LogP contribution in [0.25, 0.3) is 0 Å². The van der Waals surface area contributed by atoms with Crippen LogP contribution in [0.3, 0.4) is 0 Å². The number of aliphatic hydroxyl groups is 1. The van der Waals surface area contributed by atoms with Gasteiger partial charge in [-0.2, -0.15) is 0 Å². The SMILES string of the molecule is CCC(C)(O)C(C)=NC(C)C.[Ce]. The second kappa shape index (κ2) is 6.46. The fraction of sp³-hybridized carbons (Fsp3) is 0.889. The van der Waals surface area contributed by atoms with Gasteiger partial charge < -0.3 is 5.11 Å². The topological polar surface area (TPSA) is 32.6 Å². The van der Waals surface area contributed by atoms with Crippen molar-refractivity contribution in [2.75, 3.05) is 0 Å². The third kappa shape index (κ3) is 5.62. The molecular weight excluding hydrogens is 278 g/mol. The molecule has 0 aromatic carbocycles. The van der Waals surface area contributed by atoms with E-state index in [1.54, 1.807) is 6.92 Å². The van der Waals surface area contributed by atoms with Crippen LogP contribution in [0.2, 0.25) is 0 Å². The first kappa shape index (κ1) is 15.5. The van der Waals surface area contributed by atoms with Crippen LogP contribution >= 0.6 is 0 Å². The Balaban J connectivity index is 0. The summed E-state index contributed by atoms with van der Waals surface area (Å²) >= 11 is 0. The summed E-state index contributed by atoms with van der Waals surface area (Å²) in [4.78, 5) is 4.29. The molecule has 0 heterocycles. The summed E-state index contributed by atoms with van der Waals surface area (Å²) in [7, 11) is 0. The van der Waals surface area contributed by atoms with Crippen molar-refractivity contribution in [3.63, 3.8) is 0 Å². The predicted octanol–water partition coefficient (Wildman–Crippen LogP) is 2.02. The smallest absolute Gasteiger partial charge is 0.0989 e. The molecule has 1 atom stereocenters. The summed E-state index contributed by atoms with van der Waals surface area (Å²) in [5.74, 6) is 0. The molecule has 0 fully saturated rings. The molecule has 0 amide bonds. The van der Waals surface area contributed by atoms with Gasteiger partial charge in [0, 0.05) is 53.5 Å². The van der Waals surface area contributed by atoms with Gasteiger partial charge in [0.15, 0.2) is 0 Å². The van der Waals surface area contributed by atoms with E-state index in [1.165, 1.54) is 0 Å². The third-order valence-electron chi connectivity index (χ3n) is 1.92. The van der Waals surface area contributed by atoms with E-state index in [-0.39, 0.29) is 47.8 Å². The third-order valence-corrected chi connectivity index (χ3v) is 1.92. The number of hydrogen-bond donors (Lipinski definition) is 1. The van der Waals surface area contributed by atoms with E-state index < -0.39 is 5.60 Å². The molecule has 1 N–H and O–H groups in total. The van der Waals surface area contributed by atoms with E-state index in [0.717, 1.165) is 12.1 Å². The van der Waals surface area contributed by atoms with Gasteiger partial charge in [-0.15, -0.1) is 0 Å². The normalized spacial score (nSPS) is 17.1. The largest absolute Gasteiger partial charge is 0.384 e. The van der Waals surface area contributed by atoms with Gasteiger partial charge in [0.05, 0.1) is 5.60 Å². The average Bonchev–Trinajstić information content (AvgIpc) is 1.86. The Morgan fingerprint density at radius 1 is 1.50 bits per heavy atom. The Labute approximate surface area is 109 Å². The molecule has 3 heteroatoms. The molecular formula is C9H19CeNO. The fourth-order valence-electron chi connectivity index (χ4n) is 0.782. The molecule has 2 nitrogen and oxygen atoms in total. The maximum Gasteiger partial charge on any atom is 0.0989 e. The zero-order valence-electron chi connectivity index (χ0n) is 8.68. The molecule has 0 aromatic rings. The first-order chi connectivity index (χ1) is 4.90. The quantitative estimate of drug-likeness (QED) is 0.794. The molecule has 0 rings (SSSR count). The van der Waals surface area contributed by atoms with Crippen molar-refractivity contribution >= 4 is 5.71 Å². The maximum absolute atomic E-state index is 9.71. The number of nitrogens with zero attached hydrogens (tertiary/aromatic N) is 1. The molecule has 0 aromatic heterocycles. The summed E-state index contributed by atoms with van der Waals surface area (Å²) in [5.41, 5.74) is 0.111. The Hall–Kier alpha value is 1.01. The molecule has 1 unspecified atom stereocenters. The van der Waals surface area contributed by atoms with Gasteiger partial charge in [-0.3, -0.25) is 4.99 Å². The molecule has 0 saturated carbocycles. The van der Waals surface area contributed by atoms with Gasteiger partial charge in [-0.05, 0) is 34.1 Å². The monoisotopic (exact) mass is 297 g/mol. The molecule has 0 aliphatic rings. The zero-order chi connectivity index (χ0) is 9.07. The summed E-state index contributed by atoms with van der Waals surface area (Å²) in [6.07, 6.45) is 0.717. The zero-order valence-corrected chi connectivity index (χ0v) is 11.8. The molecule has 0 radical (unpaired) electrons. The molecule has 0 aliphatic heterocycles. The van der Waals surface area contributed by atoms with Gasteiger partial charge in [-0.1, -0.05) is 6.92 Å². The second-order valence-electron chi connectivity index (χ2n) is 3.44. The number of rotatable bonds is 3. The van der Waals surface area contributed by atoms with Crippen LogP contribution in [0, 0.1) is 41.7 Å². The molecule has 70 valence electrons. The van der Waals surface area contributed by atoms with Crippen LogP contribution in [0.5, 0.6) is 0 Å². The molecule has 12 heavy (non-hydrogen) atoms.